The molecule has 1 aromatic heterocycles. The Labute approximate surface area is 185 Å². The number of amides is 2. The number of nitrogens with one attached hydrogen (secondary N) is 1. The van der Waals surface area contributed by atoms with E-state index in [1.54, 1.807) is 0 Å². The fourth-order valence-corrected chi connectivity index (χ4v) is 4.44. The second-order valence-corrected chi connectivity index (χ2v) is 9.25. The van der Waals surface area contributed by atoms with E-state index in [-0.39, 0.29) is 42.6 Å². The highest BCUT2D eigenvalue weighted by Gasteiger charge is 2.36. The van der Waals surface area contributed by atoms with Crippen LogP contribution in [0.25, 0.3) is 0 Å². The first-order valence-electron chi connectivity index (χ1n) is 10.7. The molecule has 7 nitrogen and oxygen atoms in total. The molecule has 2 aliphatic rings. The fourth-order valence-electron chi connectivity index (χ4n) is 3.66. The minimum atomic E-state index is -0.231. The van der Waals surface area contributed by atoms with Crippen LogP contribution in [-0.4, -0.2) is 40.8 Å². The quantitative estimate of drug-likeness (QED) is 0.666. The Kier molecular flexibility index (Phi) is 6.65. The Morgan fingerprint density at radius 2 is 1.81 bits per heavy atom. The maximum absolute atomic E-state index is 12.4. The van der Waals surface area contributed by atoms with Gasteiger partial charge in [-0.2, -0.15) is 0 Å². The number of aryl methyl sites for hydroxylation is 1. The zero-order valence-electron chi connectivity index (χ0n) is 17.6. The monoisotopic (exact) mass is 441 g/mol. The van der Waals surface area contributed by atoms with Gasteiger partial charge in [0.1, 0.15) is 11.6 Å². The normalized spacial score (nSPS) is 16.7. The van der Waals surface area contributed by atoms with Gasteiger partial charge < -0.3 is 15.0 Å². The Hall–Kier alpha value is -2.74. The SMILES string of the molecule is Cc1ccc(NC(=O)Cc2nc(COC(=O)C3CCN(C(=O)C4CC4)CC3)cs2)cc1. The summed E-state index contributed by atoms with van der Waals surface area (Å²) in [6.45, 7) is 3.36. The van der Waals surface area contributed by atoms with E-state index in [1.165, 1.54) is 11.3 Å². The molecule has 1 saturated carbocycles. The van der Waals surface area contributed by atoms with Gasteiger partial charge in [0.2, 0.25) is 11.8 Å². The van der Waals surface area contributed by atoms with Gasteiger partial charge in [-0.15, -0.1) is 11.3 Å². The van der Waals surface area contributed by atoms with Crippen LogP contribution in [0.3, 0.4) is 0 Å². The van der Waals surface area contributed by atoms with Gasteiger partial charge in [0.25, 0.3) is 0 Å². The van der Waals surface area contributed by atoms with Crippen molar-refractivity contribution in [2.24, 2.45) is 11.8 Å². The zero-order valence-corrected chi connectivity index (χ0v) is 18.5. The van der Waals surface area contributed by atoms with E-state index < -0.39 is 0 Å². The Bertz CT molecular complexity index is 944. The number of carbonyl (C=O) groups is 3. The number of carbonyl (C=O) groups excluding carboxylic acids is 3. The summed E-state index contributed by atoms with van der Waals surface area (Å²) < 4.78 is 5.45. The van der Waals surface area contributed by atoms with Gasteiger partial charge in [0.15, 0.2) is 0 Å². The molecule has 1 saturated heterocycles. The van der Waals surface area contributed by atoms with E-state index in [4.69, 9.17) is 4.74 Å². The van der Waals surface area contributed by atoms with Crippen LogP contribution in [0.15, 0.2) is 29.6 Å². The lowest BCUT2D eigenvalue weighted by Gasteiger charge is -2.31. The van der Waals surface area contributed by atoms with Crippen LogP contribution in [0.4, 0.5) is 5.69 Å². The van der Waals surface area contributed by atoms with Gasteiger partial charge in [0, 0.05) is 30.1 Å². The second kappa shape index (κ2) is 9.60. The van der Waals surface area contributed by atoms with Crippen LogP contribution in [0.2, 0.25) is 0 Å². The third-order valence-corrected chi connectivity index (χ3v) is 6.57. The number of ether oxygens (including phenoxy) is 1. The van der Waals surface area contributed by atoms with Crippen LogP contribution >= 0.6 is 11.3 Å². The predicted octanol–water partition coefficient (Wildman–Crippen LogP) is 3.32. The Morgan fingerprint density at radius 1 is 1.10 bits per heavy atom. The first-order valence-corrected chi connectivity index (χ1v) is 11.6. The molecule has 1 aliphatic heterocycles. The van der Waals surface area contributed by atoms with Crippen LogP contribution in [0.5, 0.6) is 0 Å². The van der Waals surface area contributed by atoms with Crippen molar-refractivity contribution >= 4 is 34.8 Å². The summed E-state index contributed by atoms with van der Waals surface area (Å²) in [4.78, 5) is 43.0. The molecule has 2 aromatic rings. The lowest BCUT2D eigenvalue weighted by molar-refractivity contribution is -0.153. The van der Waals surface area contributed by atoms with Gasteiger partial charge >= 0.3 is 5.97 Å². The molecule has 0 atom stereocenters. The summed E-state index contributed by atoms with van der Waals surface area (Å²) in [5.41, 5.74) is 2.54. The van der Waals surface area contributed by atoms with Crippen molar-refractivity contribution in [2.75, 3.05) is 18.4 Å². The molecule has 8 heteroatoms. The van der Waals surface area contributed by atoms with Gasteiger partial charge in [-0.1, -0.05) is 17.7 Å². The minimum absolute atomic E-state index is 0.107. The Morgan fingerprint density at radius 3 is 2.48 bits per heavy atom. The molecule has 2 heterocycles. The minimum Gasteiger partial charge on any atom is -0.459 e. The van der Waals surface area contributed by atoms with E-state index in [0.29, 0.717) is 36.6 Å². The van der Waals surface area contributed by atoms with Gasteiger partial charge in [-0.3, -0.25) is 14.4 Å². The van der Waals surface area contributed by atoms with E-state index in [1.807, 2.05) is 41.5 Å². The van der Waals surface area contributed by atoms with Crippen molar-refractivity contribution in [1.82, 2.24) is 9.88 Å². The second-order valence-electron chi connectivity index (χ2n) is 8.31. The van der Waals surface area contributed by atoms with Gasteiger partial charge in [-0.05, 0) is 44.7 Å². The summed E-state index contributed by atoms with van der Waals surface area (Å²) in [5, 5.41) is 5.36. The average Bonchev–Trinajstić information content (AvgIpc) is 3.53. The van der Waals surface area contributed by atoms with Crippen LogP contribution in [0.1, 0.15) is 41.9 Å². The molecule has 0 radical (unpaired) electrons. The highest BCUT2D eigenvalue weighted by Crippen LogP contribution is 2.32. The van der Waals surface area contributed by atoms with Crippen molar-refractivity contribution in [3.8, 4) is 0 Å². The summed E-state index contributed by atoms with van der Waals surface area (Å²) in [5.74, 6) is -0.0596. The number of rotatable bonds is 7. The van der Waals surface area contributed by atoms with Gasteiger partial charge in [0.05, 0.1) is 18.0 Å². The molecule has 0 spiro atoms. The molecule has 4 rings (SSSR count). The highest BCUT2D eigenvalue weighted by molar-refractivity contribution is 7.09. The zero-order chi connectivity index (χ0) is 21.8. The lowest BCUT2D eigenvalue weighted by Crippen LogP contribution is -2.41. The molecule has 31 heavy (non-hydrogen) atoms. The van der Waals surface area contributed by atoms with E-state index in [9.17, 15) is 14.4 Å². The van der Waals surface area contributed by atoms with Crippen LogP contribution in [0, 0.1) is 18.8 Å². The van der Waals surface area contributed by atoms with Gasteiger partial charge in [-0.25, -0.2) is 4.98 Å². The lowest BCUT2D eigenvalue weighted by atomic mass is 9.97. The topological polar surface area (TPSA) is 88.6 Å². The number of benzene rings is 1. The number of hydrogen-bond acceptors (Lipinski definition) is 6. The first kappa shape index (κ1) is 21.5. The smallest absolute Gasteiger partial charge is 0.309 e. The molecule has 2 amide bonds. The van der Waals surface area contributed by atoms with Crippen LogP contribution in [-0.2, 0) is 32.1 Å². The molecular formula is C23H27N3O4S. The number of thiazole rings is 1. The van der Waals surface area contributed by atoms with Crippen molar-refractivity contribution < 1.29 is 19.1 Å². The molecule has 164 valence electrons. The first-order chi connectivity index (χ1) is 15.0. The van der Waals surface area contributed by atoms with Crippen molar-refractivity contribution in [3.05, 3.63) is 45.9 Å². The number of likely N-dealkylation sites (tertiary alicyclic amines) is 1. The van der Waals surface area contributed by atoms with E-state index in [0.717, 1.165) is 24.1 Å². The maximum Gasteiger partial charge on any atom is 0.309 e. The van der Waals surface area contributed by atoms with Crippen molar-refractivity contribution in [2.45, 2.75) is 45.6 Å². The molecule has 1 aromatic carbocycles. The summed E-state index contributed by atoms with van der Waals surface area (Å²) >= 11 is 1.38. The molecular weight excluding hydrogens is 414 g/mol. The number of piperidine rings is 1. The molecule has 1 aliphatic carbocycles. The molecule has 1 N–H and O–H groups in total. The highest BCUT2D eigenvalue weighted by atomic mass is 32.1. The van der Waals surface area contributed by atoms with Crippen molar-refractivity contribution in [3.63, 3.8) is 0 Å². The third-order valence-electron chi connectivity index (χ3n) is 5.68. The largest absolute Gasteiger partial charge is 0.459 e. The third kappa shape index (κ3) is 5.91. The maximum atomic E-state index is 12.4. The number of nitrogens with zero attached hydrogens (tertiary/aromatic N) is 2. The summed E-state index contributed by atoms with van der Waals surface area (Å²) in [7, 11) is 0. The standard InChI is InChI=1S/C23H27N3O4S/c1-15-2-6-18(7-3-15)24-20(27)12-21-25-19(14-31-21)13-30-23(29)17-8-10-26(11-9-17)22(28)16-4-5-16/h2-3,6-7,14,16-17H,4-5,8-13H2,1H3,(H,24,27). The molecule has 0 unspecified atom stereocenters. The molecule has 2 fully saturated rings. The molecule has 0 bridgehead atoms. The number of esters is 1. The summed E-state index contributed by atoms with van der Waals surface area (Å²) in [6.07, 6.45) is 3.49. The van der Waals surface area contributed by atoms with E-state index >= 15 is 0 Å². The number of hydrogen-bond donors (Lipinski definition) is 1. The average molecular weight is 442 g/mol. The summed E-state index contributed by atoms with van der Waals surface area (Å²) in [6, 6.07) is 7.62. The van der Waals surface area contributed by atoms with Crippen LogP contribution < -0.4 is 5.32 Å². The number of aromatic nitrogens is 1. The Balaban J connectivity index is 1.19. The number of anilines is 1. The predicted molar refractivity (Wildman–Crippen MR) is 117 cm³/mol. The van der Waals surface area contributed by atoms with Crippen molar-refractivity contribution in [1.29, 1.82) is 0 Å². The fraction of sp³-hybridized carbons (Fsp3) is 0.478. The van der Waals surface area contributed by atoms with E-state index in [2.05, 4.69) is 10.3 Å².